The molecule has 0 bridgehead atoms. The number of rotatable bonds is 5. The van der Waals surface area contributed by atoms with Crippen LogP contribution in [0.25, 0.3) is 0 Å². The molecule has 1 aromatic carbocycles. The number of Topliss-reactive ketones (excluding diaryl/α,β-unsaturated/α-hetero) is 1. The summed E-state index contributed by atoms with van der Waals surface area (Å²) in [5, 5.41) is 2.91. The normalized spacial score (nSPS) is 10.5. The van der Waals surface area contributed by atoms with Crippen molar-refractivity contribution in [2.75, 3.05) is 20.7 Å². The molecule has 0 aliphatic carbocycles. The molecule has 0 aromatic heterocycles. The van der Waals surface area contributed by atoms with Gasteiger partial charge in [-0.05, 0) is 19.2 Å². The van der Waals surface area contributed by atoms with Gasteiger partial charge in [0.15, 0.2) is 5.78 Å². The van der Waals surface area contributed by atoms with Crippen LogP contribution in [-0.2, 0) is 11.3 Å². The molecule has 0 amide bonds. The lowest BCUT2D eigenvalue weighted by atomic mass is 10.1. The Morgan fingerprint density at radius 2 is 2.25 bits per heavy atom. The standard InChI is InChI=1S/C11H13ClFNO2/c1-14-5-11(15)7-3-9(12)8(6-16-2)10(13)4-7/h3-4,14H,5-6H2,1-2H3. The number of hydrogen-bond acceptors (Lipinski definition) is 3. The third-order valence-corrected chi connectivity index (χ3v) is 2.43. The van der Waals surface area contributed by atoms with Gasteiger partial charge in [0.25, 0.3) is 0 Å². The largest absolute Gasteiger partial charge is 0.380 e. The Hall–Kier alpha value is -0.970. The van der Waals surface area contributed by atoms with Gasteiger partial charge in [-0.1, -0.05) is 11.6 Å². The van der Waals surface area contributed by atoms with Crippen LogP contribution in [-0.4, -0.2) is 26.5 Å². The summed E-state index contributed by atoms with van der Waals surface area (Å²) in [6.07, 6.45) is 0. The van der Waals surface area contributed by atoms with Crippen molar-refractivity contribution >= 4 is 17.4 Å². The van der Waals surface area contributed by atoms with Gasteiger partial charge in [-0.2, -0.15) is 0 Å². The summed E-state index contributed by atoms with van der Waals surface area (Å²) in [4.78, 5) is 11.5. The summed E-state index contributed by atoms with van der Waals surface area (Å²) in [6, 6.07) is 2.64. The fourth-order valence-electron chi connectivity index (χ4n) is 1.31. The molecule has 1 rings (SSSR count). The maximum absolute atomic E-state index is 13.6. The smallest absolute Gasteiger partial charge is 0.176 e. The maximum Gasteiger partial charge on any atom is 0.176 e. The lowest BCUT2D eigenvalue weighted by molar-refractivity contribution is 0.0993. The van der Waals surface area contributed by atoms with E-state index in [1.165, 1.54) is 19.2 Å². The van der Waals surface area contributed by atoms with E-state index >= 15 is 0 Å². The van der Waals surface area contributed by atoms with E-state index in [9.17, 15) is 9.18 Å². The van der Waals surface area contributed by atoms with Crippen molar-refractivity contribution < 1.29 is 13.9 Å². The monoisotopic (exact) mass is 245 g/mol. The van der Waals surface area contributed by atoms with Gasteiger partial charge in [0.1, 0.15) is 5.82 Å². The number of ketones is 1. The van der Waals surface area contributed by atoms with Crippen molar-refractivity contribution in [2.24, 2.45) is 0 Å². The Balaban J connectivity index is 3.04. The fraction of sp³-hybridized carbons (Fsp3) is 0.364. The van der Waals surface area contributed by atoms with Crippen LogP contribution in [0.2, 0.25) is 5.02 Å². The number of carbonyl (C=O) groups is 1. The van der Waals surface area contributed by atoms with Crippen LogP contribution in [0, 0.1) is 5.82 Å². The van der Waals surface area contributed by atoms with E-state index in [2.05, 4.69) is 5.32 Å². The summed E-state index contributed by atoms with van der Waals surface area (Å²) < 4.78 is 18.4. The molecule has 0 unspecified atom stereocenters. The molecular formula is C11H13ClFNO2. The molecule has 1 aromatic rings. The zero-order chi connectivity index (χ0) is 12.1. The first kappa shape index (κ1) is 13.1. The van der Waals surface area contributed by atoms with Crippen molar-refractivity contribution in [3.05, 3.63) is 34.1 Å². The van der Waals surface area contributed by atoms with Gasteiger partial charge in [0.2, 0.25) is 0 Å². The van der Waals surface area contributed by atoms with Crippen LogP contribution >= 0.6 is 11.6 Å². The number of nitrogens with one attached hydrogen (secondary N) is 1. The van der Waals surface area contributed by atoms with Gasteiger partial charge < -0.3 is 10.1 Å². The zero-order valence-electron chi connectivity index (χ0n) is 9.14. The van der Waals surface area contributed by atoms with Crippen LogP contribution in [0.4, 0.5) is 4.39 Å². The summed E-state index contributed by atoms with van der Waals surface area (Å²) in [5.74, 6) is -0.721. The van der Waals surface area contributed by atoms with Gasteiger partial charge in [0, 0.05) is 23.3 Å². The third-order valence-electron chi connectivity index (χ3n) is 2.09. The van der Waals surface area contributed by atoms with Gasteiger partial charge in [-0.15, -0.1) is 0 Å². The molecule has 0 aliphatic rings. The molecule has 0 radical (unpaired) electrons. The quantitative estimate of drug-likeness (QED) is 0.807. The van der Waals surface area contributed by atoms with Crippen LogP contribution in [0.15, 0.2) is 12.1 Å². The number of carbonyl (C=O) groups excluding carboxylic acids is 1. The molecule has 0 fully saturated rings. The van der Waals surface area contributed by atoms with Crippen LogP contribution < -0.4 is 5.32 Å². The second-order valence-corrected chi connectivity index (χ2v) is 3.71. The molecule has 0 saturated carbocycles. The van der Waals surface area contributed by atoms with E-state index in [1.54, 1.807) is 7.05 Å². The highest BCUT2D eigenvalue weighted by Gasteiger charge is 2.13. The van der Waals surface area contributed by atoms with Crippen LogP contribution in [0.5, 0.6) is 0 Å². The average Bonchev–Trinajstić information content (AvgIpc) is 2.23. The fourth-order valence-corrected chi connectivity index (χ4v) is 1.57. The molecule has 0 saturated heterocycles. The number of benzene rings is 1. The SMILES string of the molecule is CNCC(=O)c1cc(F)c(COC)c(Cl)c1. The number of hydrogen-bond donors (Lipinski definition) is 1. The lowest BCUT2D eigenvalue weighted by Gasteiger charge is -2.07. The second-order valence-electron chi connectivity index (χ2n) is 3.30. The Kier molecular flexibility index (Phi) is 4.86. The molecular weight excluding hydrogens is 233 g/mol. The molecule has 16 heavy (non-hydrogen) atoms. The molecule has 88 valence electrons. The Labute approximate surface area is 98.5 Å². The van der Waals surface area contributed by atoms with Gasteiger partial charge in [0.05, 0.1) is 13.2 Å². The number of likely N-dealkylation sites (N-methyl/N-ethyl adjacent to an activating group) is 1. The van der Waals surface area contributed by atoms with Crippen LogP contribution in [0.3, 0.4) is 0 Å². The minimum absolute atomic E-state index is 0.0885. The Bertz CT molecular complexity index is 373. The van der Waals surface area contributed by atoms with E-state index in [0.29, 0.717) is 0 Å². The first-order chi connectivity index (χ1) is 7.60. The first-order valence-corrected chi connectivity index (χ1v) is 5.12. The number of halogens is 2. The number of ether oxygens (including phenoxy) is 1. The van der Waals surface area contributed by atoms with Gasteiger partial charge in [-0.25, -0.2) is 4.39 Å². The summed E-state index contributed by atoms with van der Waals surface area (Å²) in [7, 11) is 3.10. The molecule has 1 N–H and O–H groups in total. The van der Waals surface area contributed by atoms with E-state index in [4.69, 9.17) is 16.3 Å². The van der Waals surface area contributed by atoms with E-state index < -0.39 is 5.82 Å². The zero-order valence-corrected chi connectivity index (χ0v) is 9.90. The summed E-state index contributed by atoms with van der Waals surface area (Å²) in [5.41, 5.74) is 0.530. The highest BCUT2D eigenvalue weighted by molar-refractivity contribution is 6.31. The average molecular weight is 246 g/mol. The van der Waals surface area contributed by atoms with E-state index in [1.807, 2.05) is 0 Å². The maximum atomic E-state index is 13.6. The molecule has 0 heterocycles. The predicted octanol–water partition coefficient (Wildman–Crippen LogP) is 2.03. The van der Waals surface area contributed by atoms with Crippen molar-refractivity contribution in [1.82, 2.24) is 5.32 Å². The van der Waals surface area contributed by atoms with E-state index in [-0.39, 0.29) is 35.1 Å². The number of methoxy groups -OCH3 is 1. The predicted molar refractivity (Wildman–Crippen MR) is 60.4 cm³/mol. The van der Waals surface area contributed by atoms with Crippen molar-refractivity contribution in [3.63, 3.8) is 0 Å². The topological polar surface area (TPSA) is 38.3 Å². The molecule has 0 atom stereocenters. The van der Waals surface area contributed by atoms with E-state index in [0.717, 1.165) is 0 Å². The molecule has 0 aliphatic heterocycles. The highest BCUT2D eigenvalue weighted by Crippen LogP contribution is 2.22. The van der Waals surface area contributed by atoms with Crippen molar-refractivity contribution in [2.45, 2.75) is 6.61 Å². The molecule has 3 nitrogen and oxygen atoms in total. The van der Waals surface area contributed by atoms with Gasteiger partial charge in [-0.3, -0.25) is 4.79 Å². The minimum Gasteiger partial charge on any atom is -0.380 e. The lowest BCUT2D eigenvalue weighted by Crippen LogP contribution is -2.18. The van der Waals surface area contributed by atoms with Gasteiger partial charge >= 0.3 is 0 Å². The Morgan fingerprint density at radius 3 is 2.75 bits per heavy atom. The molecule has 5 heteroatoms. The minimum atomic E-state index is -0.520. The molecule has 0 spiro atoms. The van der Waals surface area contributed by atoms with Crippen molar-refractivity contribution in [1.29, 1.82) is 0 Å². The summed E-state index contributed by atoms with van der Waals surface area (Å²) >= 11 is 5.87. The van der Waals surface area contributed by atoms with Crippen molar-refractivity contribution in [3.8, 4) is 0 Å². The highest BCUT2D eigenvalue weighted by atomic mass is 35.5. The third kappa shape index (κ3) is 3.01. The first-order valence-electron chi connectivity index (χ1n) is 4.74. The second kappa shape index (κ2) is 5.94. The summed E-state index contributed by atoms with van der Waals surface area (Å²) in [6.45, 7) is 0.241. The Morgan fingerprint density at radius 1 is 1.56 bits per heavy atom. The van der Waals surface area contributed by atoms with Crippen LogP contribution in [0.1, 0.15) is 15.9 Å².